The van der Waals surface area contributed by atoms with E-state index >= 15 is 0 Å². The summed E-state index contributed by atoms with van der Waals surface area (Å²) >= 11 is 0. The van der Waals surface area contributed by atoms with Crippen LogP contribution in [0.15, 0.2) is 229 Å². The van der Waals surface area contributed by atoms with E-state index in [-0.39, 0.29) is 11.6 Å². The van der Waals surface area contributed by atoms with Crippen LogP contribution in [0.25, 0.3) is 66.8 Å². The van der Waals surface area contributed by atoms with E-state index in [1.807, 2.05) is 12.1 Å². The molecular formula is C60H46N2. The zero-order chi connectivity index (χ0) is 41.7. The predicted molar refractivity (Wildman–Crippen MR) is 259 cm³/mol. The van der Waals surface area contributed by atoms with Gasteiger partial charge >= 0.3 is 0 Å². The van der Waals surface area contributed by atoms with E-state index < -0.39 is 0 Å². The molecule has 1 atom stereocenters. The standard InChI is InChI=1S/C60H46N2/c1-43(61-59(48-30-16-6-17-31-48)62-60(38-39-60)52-32-18-7-19-33-52)49-40-50(55-36-20-34-53(44-22-8-2-9-23-44)57(55)46-26-12-4-13-27-46)42-51(41-49)56-37-21-35-54(45-24-10-3-11-25-45)58(56)47-28-14-5-15-29-47/h2,4-10,12-37,40-43H,38-39H2,1H3,(H,61,62). The van der Waals surface area contributed by atoms with Crippen LogP contribution < -0.4 is 5.32 Å². The van der Waals surface area contributed by atoms with Crippen LogP contribution in [-0.4, -0.2) is 5.84 Å². The van der Waals surface area contributed by atoms with Gasteiger partial charge in [-0.25, -0.2) is 0 Å². The first-order valence-corrected chi connectivity index (χ1v) is 21.6. The number of rotatable bonds is 11. The molecule has 0 spiro atoms. The number of amidine groups is 1. The van der Waals surface area contributed by atoms with Gasteiger partial charge in [0.2, 0.25) is 0 Å². The Morgan fingerprint density at radius 2 is 0.935 bits per heavy atom. The summed E-state index contributed by atoms with van der Waals surface area (Å²) in [5.74, 6) is 0.909. The number of benzene rings is 8. The molecule has 1 aliphatic carbocycles. The first-order valence-electron chi connectivity index (χ1n) is 21.6. The smallest absolute Gasteiger partial charge is 0.129 e. The van der Waals surface area contributed by atoms with Crippen LogP contribution in [0, 0.1) is 12.1 Å². The molecule has 0 amide bonds. The number of hydrogen-bond donors (Lipinski definition) is 1. The van der Waals surface area contributed by atoms with Crippen molar-refractivity contribution in [3.63, 3.8) is 0 Å². The zero-order valence-corrected chi connectivity index (χ0v) is 34.8. The molecule has 1 N–H and O–H groups in total. The quantitative estimate of drug-likeness (QED) is 0.102. The Balaban J connectivity index is 1.19. The summed E-state index contributed by atoms with van der Waals surface area (Å²) in [6.07, 6.45) is 2.05. The monoisotopic (exact) mass is 794 g/mol. The fraction of sp³-hybridized carbons (Fsp3) is 0.0833. The Labute approximate surface area is 366 Å². The SMILES string of the molecule is CC(NC(=NC1(c2ccccc2)CC1)c1ccccc1)c1cc(-c2cccc(-c3cc#ccc3)c2-c2ccccc2)cc(-c2cccc(-c3ccccc3)c2-c2ccccc2)c1. The molecule has 0 heterocycles. The lowest BCUT2D eigenvalue weighted by Crippen LogP contribution is -2.29. The highest BCUT2D eigenvalue weighted by molar-refractivity contribution is 6.00. The maximum atomic E-state index is 5.58. The lowest BCUT2D eigenvalue weighted by atomic mass is 9.83. The average Bonchev–Trinajstić information content (AvgIpc) is 4.15. The van der Waals surface area contributed by atoms with Gasteiger partial charge in [-0.3, -0.25) is 4.99 Å². The topological polar surface area (TPSA) is 24.4 Å². The van der Waals surface area contributed by atoms with Crippen molar-refractivity contribution >= 4 is 5.84 Å². The molecule has 0 aliphatic heterocycles. The lowest BCUT2D eigenvalue weighted by molar-refractivity contribution is 0.686. The fourth-order valence-electron chi connectivity index (χ4n) is 8.85. The normalized spacial score (nSPS) is 13.5. The molecule has 2 nitrogen and oxygen atoms in total. The number of nitrogens with one attached hydrogen (secondary N) is 1. The highest BCUT2D eigenvalue weighted by atomic mass is 15.1. The van der Waals surface area contributed by atoms with Crippen molar-refractivity contribution in [1.29, 1.82) is 0 Å². The zero-order valence-electron chi connectivity index (χ0n) is 34.8. The van der Waals surface area contributed by atoms with E-state index in [2.05, 4.69) is 237 Å². The Kier molecular flexibility index (Phi) is 10.6. The summed E-state index contributed by atoms with van der Waals surface area (Å²) < 4.78 is 0. The van der Waals surface area contributed by atoms with Crippen molar-refractivity contribution in [2.24, 2.45) is 4.99 Å². The summed E-state index contributed by atoms with van der Waals surface area (Å²) in [4.78, 5) is 5.58. The maximum Gasteiger partial charge on any atom is 0.129 e. The minimum Gasteiger partial charge on any atom is -0.363 e. The second-order valence-corrected chi connectivity index (χ2v) is 16.2. The van der Waals surface area contributed by atoms with Crippen LogP contribution in [0.5, 0.6) is 0 Å². The molecule has 1 saturated carbocycles. The highest BCUT2D eigenvalue weighted by Gasteiger charge is 2.44. The van der Waals surface area contributed by atoms with Crippen molar-refractivity contribution < 1.29 is 0 Å². The first kappa shape index (κ1) is 38.5. The maximum absolute atomic E-state index is 5.58. The summed E-state index contributed by atoms with van der Waals surface area (Å²) in [5.41, 5.74) is 17.3. The van der Waals surface area contributed by atoms with Crippen molar-refractivity contribution in [1.82, 2.24) is 5.32 Å². The van der Waals surface area contributed by atoms with Crippen LogP contribution in [0.2, 0.25) is 0 Å². The molecule has 1 aliphatic rings. The number of hydrogen-bond acceptors (Lipinski definition) is 1. The third kappa shape index (κ3) is 7.85. The van der Waals surface area contributed by atoms with Crippen molar-refractivity contribution in [2.75, 3.05) is 0 Å². The fourth-order valence-corrected chi connectivity index (χ4v) is 8.85. The van der Waals surface area contributed by atoms with E-state index in [0.29, 0.717) is 0 Å². The van der Waals surface area contributed by atoms with Gasteiger partial charge in [-0.05, 0) is 134 Å². The summed E-state index contributed by atoms with van der Waals surface area (Å²) in [6, 6.07) is 86.7. The molecule has 0 bridgehead atoms. The van der Waals surface area contributed by atoms with Gasteiger partial charge in [0, 0.05) is 11.6 Å². The third-order valence-electron chi connectivity index (χ3n) is 12.1. The molecule has 2 heteroatoms. The molecule has 9 aromatic rings. The Morgan fingerprint density at radius 1 is 0.468 bits per heavy atom. The Bertz CT molecular complexity index is 2810. The van der Waals surface area contributed by atoms with Gasteiger partial charge in [0.15, 0.2) is 0 Å². The third-order valence-corrected chi connectivity index (χ3v) is 12.1. The van der Waals surface area contributed by atoms with Gasteiger partial charge < -0.3 is 5.32 Å². The Morgan fingerprint density at radius 3 is 1.44 bits per heavy atom. The molecule has 1 unspecified atom stereocenters. The van der Waals surface area contributed by atoms with E-state index in [4.69, 9.17) is 4.99 Å². The van der Waals surface area contributed by atoms with E-state index in [1.165, 1.54) is 44.5 Å². The van der Waals surface area contributed by atoms with Gasteiger partial charge in [0.25, 0.3) is 0 Å². The van der Waals surface area contributed by atoms with Crippen LogP contribution in [0.1, 0.15) is 42.5 Å². The average molecular weight is 795 g/mol. The molecule has 0 saturated heterocycles. The van der Waals surface area contributed by atoms with Gasteiger partial charge in [-0.15, -0.1) is 0 Å². The summed E-state index contributed by atoms with van der Waals surface area (Å²) in [6.45, 7) is 2.27. The lowest BCUT2D eigenvalue weighted by Gasteiger charge is -2.24. The molecule has 296 valence electrons. The summed E-state index contributed by atoms with van der Waals surface area (Å²) in [5, 5.41) is 3.98. The summed E-state index contributed by atoms with van der Waals surface area (Å²) in [7, 11) is 0. The van der Waals surface area contributed by atoms with E-state index in [1.54, 1.807) is 0 Å². The molecule has 10 rings (SSSR count). The Hall–Kier alpha value is -7.73. The van der Waals surface area contributed by atoms with Crippen molar-refractivity contribution in [3.8, 4) is 66.8 Å². The van der Waals surface area contributed by atoms with E-state index in [0.717, 1.165) is 57.6 Å². The van der Waals surface area contributed by atoms with Gasteiger partial charge in [-0.2, -0.15) is 0 Å². The van der Waals surface area contributed by atoms with Gasteiger partial charge in [-0.1, -0.05) is 200 Å². The van der Waals surface area contributed by atoms with E-state index in [9.17, 15) is 0 Å². The van der Waals surface area contributed by atoms with Crippen molar-refractivity contribution in [3.05, 3.63) is 253 Å². The van der Waals surface area contributed by atoms with Crippen LogP contribution in [-0.2, 0) is 5.54 Å². The second-order valence-electron chi connectivity index (χ2n) is 16.2. The van der Waals surface area contributed by atoms with Crippen LogP contribution >= 0.6 is 0 Å². The second kappa shape index (κ2) is 17.1. The van der Waals surface area contributed by atoms with Crippen LogP contribution in [0.3, 0.4) is 0 Å². The minimum atomic E-state index is -0.230. The highest BCUT2D eigenvalue weighted by Crippen LogP contribution is 2.50. The predicted octanol–water partition coefficient (Wildman–Crippen LogP) is 15.1. The minimum absolute atomic E-state index is 0.0978. The van der Waals surface area contributed by atoms with Crippen LogP contribution in [0.4, 0.5) is 0 Å². The molecule has 0 aromatic heterocycles. The van der Waals surface area contributed by atoms with Gasteiger partial charge in [0.1, 0.15) is 5.84 Å². The molecule has 1 fully saturated rings. The first-order chi connectivity index (χ1) is 30.6. The number of nitrogens with zero attached hydrogens (tertiary/aromatic N) is 1. The van der Waals surface area contributed by atoms with Gasteiger partial charge in [0.05, 0.1) is 5.54 Å². The molecular weight excluding hydrogens is 749 g/mol. The molecule has 9 aromatic carbocycles. The van der Waals surface area contributed by atoms with Crippen molar-refractivity contribution in [2.45, 2.75) is 31.3 Å². The molecule has 0 radical (unpaired) electrons. The molecule has 62 heavy (non-hydrogen) atoms. The number of aliphatic imine (C=N–C) groups is 1. The largest absolute Gasteiger partial charge is 0.363 e.